The Bertz CT molecular complexity index is 715. The van der Waals surface area contributed by atoms with Gasteiger partial charge in [0.1, 0.15) is 0 Å². The molecule has 0 bridgehead atoms. The molecule has 24 heavy (non-hydrogen) atoms. The topological polar surface area (TPSA) is 27.8 Å². The molecule has 1 heterocycles. The van der Waals surface area contributed by atoms with Crippen molar-refractivity contribution in [3.63, 3.8) is 0 Å². The number of benzene rings is 1. The molecule has 0 saturated heterocycles. The third kappa shape index (κ3) is 3.94. The van der Waals surface area contributed by atoms with Gasteiger partial charge in [-0.1, -0.05) is 6.42 Å². The summed E-state index contributed by atoms with van der Waals surface area (Å²) < 4.78 is 37.2. The quantitative estimate of drug-likeness (QED) is 0.768. The van der Waals surface area contributed by atoms with Gasteiger partial charge in [0, 0.05) is 22.6 Å². The van der Waals surface area contributed by atoms with Gasteiger partial charge in [0.25, 0.3) is 0 Å². The highest BCUT2D eigenvalue weighted by molar-refractivity contribution is 5.86. The highest BCUT2D eigenvalue weighted by atomic mass is 19.4. The van der Waals surface area contributed by atoms with E-state index in [4.69, 9.17) is 0 Å². The van der Waals surface area contributed by atoms with Crippen LogP contribution in [-0.2, 0) is 19.3 Å². The molecular weight excluding hydrogens is 313 g/mol. The number of nitrogens with one attached hydrogen (secondary N) is 2. The van der Waals surface area contributed by atoms with Crippen molar-refractivity contribution in [1.29, 1.82) is 0 Å². The van der Waals surface area contributed by atoms with Gasteiger partial charge < -0.3 is 10.3 Å². The number of fused-ring (bicyclic) bond motifs is 2. The SMILES string of the molecule is Cc1[nH]c2cc3c(cc2c1CC(C)NCC(F)(F)F)CCCCC3. The zero-order valence-electron chi connectivity index (χ0n) is 14.3. The summed E-state index contributed by atoms with van der Waals surface area (Å²) in [5.74, 6) is 0. The molecular formula is C19H25F3N2. The Kier molecular flexibility index (Phi) is 4.90. The van der Waals surface area contributed by atoms with Crippen LogP contribution >= 0.6 is 0 Å². The lowest BCUT2D eigenvalue weighted by atomic mass is 9.97. The molecule has 2 N–H and O–H groups in total. The van der Waals surface area contributed by atoms with Crippen LogP contribution in [0.3, 0.4) is 0 Å². The van der Waals surface area contributed by atoms with E-state index in [-0.39, 0.29) is 6.04 Å². The molecule has 2 nitrogen and oxygen atoms in total. The number of alkyl halides is 3. The number of halogens is 3. The van der Waals surface area contributed by atoms with Crippen LogP contribution in [0.4, 0.5) is 13.2 Å². The van der Waals surface area contributed by atoms with Crippen molar-refractivity contribution < 1.29 is 13.2 Å². The first-order valence-electron chi connectivity index (χ1n) is 8.76. The number of hydrogen-bond donors (Lipinski definition) is 2. The summed E-state index contributed by atoms with van der Waals surface area (Å²) >= 11 is 0. The summed E-state index contributed by atoms with van der Waals surface area (Å²) in [6.07, 6.45) is 2.40. The van der Waals surface area contributed by atoms with E-state index >= 15 is 0 Å². The average Bonchev–Trinajstić information content (AvgIpc) is 2.68. The van der Waals surface area contributed by atoms with Gasteiger partial charge in [-0.3, -0.25) is 0 Å². The molecule has 1 aliphatic rings. The third-order valence-electron chi connectivity index (χ3n) is 4.99. The van der Waals surface area contributed by atoms with Crippen LogP contribution in [0, 0.1) is 6.92 Å². The highest BCUT2D eigenvalue weighted by Crippen LogP contribution is 2.30. The minimum Gasteiger partial charge on any atom is -0.358 e. The number of H-pyrrole nitrogens is 1. The van der Waals surface area contributed by atoms with E-state index in [1.54, 1.807) is 0 Å². The predicted octanol–water partition coefficient (Wildman–Crippen LogP) is 4.83. The van der Waals surface area contributed by atoms with Gasteiger partial charge in [-0.2, -0.15) is 13.2 Å². The van der Waals surface area contributed by atoms with Crippen LogP contribution in [0.15, 0.2) is 12.1 Å². The Morgan fingerprint density at radius 1 is 1.12 bits per heavy atom. The van der Waals surface area contributed by atoms with Gasteiger partial charge in [-0.15, -0.1) is 0 Å². The Morgan fingerprint density at radius 2 is 1.79 bits per heavy atom. The van der Waals surface area contributed by atoms with Crippen LogP contribution in [0.25, 0.3) is 10.9 Å². The molecule has 3 rings (SSSR count). The molecule has 1 aliphatic carbocycles. The van der Waals surface area contributed by atoms with Gasteiger partial charge in [-0.05, 0) is 74.8 Å². The van der Waals surface area contributed by atoms with Crippen molar-refractivity contribution in [2.24, 2.45) is 0 Å². The average molecular weight is 338 g/mol. The molecule has 1 aromatic heterocycles. The second-order valence-corrected chi connectivity index (χ2v) is 7.06. The molecule has 1 aromatic carbocycles. The fraction of sp³-hybridized carbons (Fsp3) is 0.579. The lowest BCUT2D eigenvalue weighted by Crippen LogP contribution is -2.36. The molecule has 5 heteroatoms. The van der Waals surface area contributed by atoms with Crippen LogP contribution in [0.1, 0.15) is 48.6 Å². The van der Waals surface area contributed by atoms with E-state index < -0.39 is 12.7 Å². The van der Waals surface area contributed by atoms with Gasteiger partial charge in [0.15, 0.2) is 0 Å². The van der Waals surface area contributed by atoms with Gasteiger partial charge in [-0.25, -0.2) is 0 Å². The molecule has 0 fully saturated rings. The maximum Gasteiger partial charge on any atom is 0.401 e. The van der Waals surface area contributed by atoms with Crippen LogP contribution in [0.5, 0.6) is 0 Å². The maximum atomic E-state index is 12.4. The minimum absolute atomic E-state index is 0.219. The van der Waals surface area contributed by atoms with E-state index in [2.05, 4.69) is 22.4 Å². The van der Waals surface area contributed by atoms with E-state index in [1.807, 2.05) is 13.8 Å². The van der Waals surface area contributed by atoms with E-state index in [0.717, 1.165) is 29.6 Å². The van der Waals surface area contributed by atoms with Gasteiger partial charge in [0.2, 0.25) is 0 Å². The van der Waals surface area contributed by atoms with Crippen LogP contribution < -0.4 is 5.32 Å². The van der Waals surface area contributed by atoms with E-state index in [1.165, 1.54) is 35.8 Å². The summed E-state index contributed by atoms with van der Waals surface area (Å²) in [6, 6.07) is 4.30. The predicted molar refractivity (Wildman–Crippen MR) is 91.5 cm³/mol. The molecule has 0 radical (unpaired) electrons. The summed E-state index contributed by atoms with van der Waals surface area (Å²) in [4.78, 5) is 3.43. The lowest BCUT2D eigenvalue weighted by molar-refractivity contribution is -0.126. The summed E-state index contributed by atoms with van der Waals surface area (Å²) in [5, 5.41) is 3.76. The Hall–Kier alpha value is -1.49. The van der Waals surface area contributed by atoms with Crippen molar-refractivity contribution in [3.8, 4) is 0 Å². The van der Waals surface area contributed by atoms with Gasteiger partial charge in [0.05, 0.1) is 6.54 Å². The molecule has 0 spiro atoms. The molecule has 2 aromatic rings. The zero-order chi connectivity index (χ0) is 17.3. The van der Waals surface area contributed by atoms with E-state index in [0.29, 0.717) is 6.42 Å². The highest BCUT2D eigenvalue weighted by Gasteiger charge is 2.27. The molecule has 0 aliphatic heterocycles. The molecule has 0 amide bonds. The molecule has 132 valence electrons. The van der Waals surface area contributed by atoms with Crippen molar-refractivity contribution in [1.82, 2.24) is 10.3 Å². The Labute approximate surface area is 140 Å². The minimum atomic E-state index is -4.17. The van der Waals surface area contributed by atoms with Crippen molar-refractivity contribution in [2.75, 3.05) is 6.54 Å². The molecule has 1 unspecified atom stereocenters. The van der Waals surface area contributed by atoms with Crippen molar-refractivity contribution >= 4 is 10.9 Å². The van der Waals surface area contributed by atoms with Crippen molar-refractivity contribution in [2.45, 2.75) is 64.6 Å². The smallest absolute Gasteiger partial charge is 0.358 e. The number of aromatic nitrogens is 1. The third-order valence-corrected chi connectivity index (χ3v) is 4.99. The number of rotatable bonds is 4. The number of aromatic amines is 1. The van der Waals surface area contributed by atoms with Crippen molar-refractivity contribution in [3.05, 3.63) is 34.5 Å². The molecule has 1 atom stereocenters. The maximum absolute atomic E-state index is 12.4. The normalized spacial score (nSPS) is 16.9. The van der Waals surface area contributed by atoms with Gasteiger partial charge >= 0.3 is 6.18 Å². The Morgan fingerprint density at radius 3 is 2.46 bits per heavy atom. The number of aryl methyl sites for hydroxylation is 3. The van der Waals surface area contributed by atoms with E-state index in [9.17, 15) is 13.2 Å². The largest absolute Gasteiger partial charge is 0.401 e. The standard InChI is InChI=1S/C19H25F3N2/c1-12(23-11-19(20,21)22)8-16-13(2)24-18-10-15-7-5-3-4-6-14(15)9-17(16)18/h9-10,12,23-24H,3-8,11H2,1-2H3. The Balaban J connectivity index is 1.85. The lowest BCUT2D eigenvalue weighted by Gasteiger charge is -2.16. The first kappa shape index (κ1) is 17.3. The van der Waals surface area contributed by atoms with Crippen LogP contribution in [0.2, 0.25) is 0 Å². The molecule has 0 saturated carbocycles. The number of hydrogen-bond acceptors (Lipinski definition) is 1. The van der Waals surface area contributed by atoms with Crippen LogP contribution in [-0.4, -0.2) is 23.7 Å². The summed E-state index contributed by atoms with van der Waals surface area (Å²) in [6.45, 7) is 2.88. The summed E-state index contributed by atoms with van der Waals surface area (Å²) in [7, 11) is 0. The fourth-order valence-corrected chi connectivity index (χ4v) is 3.73. The fourth-order valence-electron chi connectivity index (χ4n) is 3.73. The second-order valence-electron chi connectivity index (χ2n) is 7.06. The first-order valence-corrected chi connectivity index (χ1v) is 8.76. The summed E-state index contributed by atoms with van der Waals surface area (Å²) in [5.41, 5.74) is 6.16. The first-order chi connectivity index (χ1) is 11.3. The second kappa shape index (κ2) is 6.79. The monoisotopic (exact) mass is 338 g/mol. The zero-order valence-corrected chi connectivity index (χ0v) is 14.3.